The molecule has 1 heteroatoms. The van der Waals surface area contributed by atoms with E-state index in [1.54, 1.807) is 0 Å². The van der Waals surface area contributed by atoms with E-state index in [0.717, 1.165) is 32.2 Å². The molecule has 0 spiro atoms. The van der Waals surface area contributed by atoms with Crippen LogP contribution in [0.4, 0.5) is 0 Å². The van der Waals surface area contributed by atoms with E-state index >= 15 is 0 Å². The standard InChI is InChI=1S/C20H35N/c1-16(2)11-8-9-13-19(7)15-21-20(18(5)6)14-10-12-17(3)4/h13,20-21H,1,3,5,8-12,14-15H2,2,4,6-7H3/b19-13+. The fourth-order valence-corrected chi connectivity index (χ4v) is 2.24. The van der Waals surface area contributed by atoms with Crippen LogP contribution < -0.4 is 5.32 Å². The lowest BCUT2D eigenvalue weighted by Crippen LogP contribution is -2.31. The third-order valence-corrected chi connectivity index (χ3v) is 3.62. The van der Waals surface area contributed by atoms with Gasteiger partial charge in [0.25, 0.3) is 0 Å². The van der Waals surface area contributed by atoms with Crippen molar-refractivity contribution in [1.29, 1.82) is 0 Å². The molecule has 0 aliphatic heterocycles. The van der Waals surface area contributed by atoms with Gasteiger partial charge in [-0.3, -0.25) is 0 Å². The first-order valence-electron chi connectivity index (χ1n) is 8.16. The molecule has 21 heavy (non-hydrogen) atoms. The molecule has 0 aromatic heterocycles. The first-order valence-corrected chi connectivity index (χ1v) is 8.16. The summed E-state index contributed by atoms with van der Waals surface area (Å²) in [5, 5.41) is 3.63. The number of hydrogen-bond acceptors (Lipinski definition) is 1. The third-order valence-electron chi connectivity index (χ3n) is 3.62. The van der Waals surface area contributed by atoms with Crippen molar-refractivity contribution in [3.05, 3.63) is 48.1 Å². The van der Waals surface area contributed by atoms with Crippen molar-refractivity contribution in [3.63, 3.8) is 0 Å². The molecule has 0 saturated carbocycles. The van der Waals surface area contributed by atoms with Gasteiger partial charge < -0.3 is 5.32 Å². The van der Waals surface area contributed by atoms with Gasteiger partial charge in [-0.05, 0) is 66.2 Å². The van der Waals surface area contributed by atoms with Crippen molar-refractivity contribution in [2.45, 2.75) is 72.3 Å². The van der Waals surface area contributed by atoms with Gasteiger partial charge in [0.15, 0.2) is 0 Å². The Hall–Kier alpha value is -1.08. The molecule has 0 aliphatic rings. The summed E-state index contributed by atoms with van der Waals surface area (Å²) in [5.74, 6) is 0. The summed E-state index contributed by atoms with van der Waals surface area (Å²) >= 11 is 0. The van der Waals surface area contributed by atoms with E-state index in [4.69, 9.17) is 0 Å². The Balaban J connectivity index is 4.04. The Morgan fingerprint density at radius 1 is 0.952 bits per heavy atom. The van der Waals surface area contributed by atoms with E-state index in [2.05, 4.69) is 58.8 Å². The molecule has 1 atom stereocenters. The minimum absolute atomic E-state index is 0.420. The second-order valence-electron chi connectivity index (χ2n) is 6.53. The predicted octanol–water partition coefficient (Wildman–Crippen LogP) is 5.96. The normalized spacial score (nSPS) is 13.0. The molecule has 1 nitrogen and oxygen atoms in total. The van der Waals surface area contributed by atoms with Gasteiger partial charge in [-0.1, -0.05) is 34.9 Å². The lowest BCUT2D eigenvalue weighted by molar-refractivity contribution is 0.537. The number of hydrogen-bond donors (Lipinski definition) is 1. The average Bonchev–Trinajstić information content (AvgIpc) is 2.37. The van der Waals surface area contributed by atoms with Crippen molar-refractivity contribution in [3.8, 4) is 0 Å². The van der Waals surface area contributed by atoms with E-state index in [1.807, 2.05) is 0 Å². The van der Waals surface area contributed by atoms with E-state index < -0.39 is 0 Å². The molecule has 120 valence electrons. The molecule has 0 aromatic carbocycles. The van der Waals surface area contributed by atoms with Crippen molar-refractivity contribution < 1.29 is 0 Å². The molecule has 0 rings (SSSR count). The predicted molar refractivity (Wildman–Crippen MR) is 97.7 cm³/mol. The Bertz CT molecular complexity index is 373. The van der Waals surface area contributed by atoms with E-state index in [-0.39, 0.29) is 0 Å². The summed E-state index contributed by atoms with van der Waals surface area (Å²) in [4.78, 5) is 0. The van der Waals surface area contributed by atoms with Gasteiger partial charge in [0.05, 0.1) is 0 Å². The van der Waals surface area contributed by atoms with Gasteiger partial charge in [-0.2, -0.15) is 0 Å². The van der Waals surface area contributed by atoms with Gasteiger partial charge in [-0.25, -0.2) is 0 Å². The Labute approximate surface area is 132 Å². The molecule has 0 heterocycles. The minimum atomic E-state index is 0.420. The summed E-state index contributed by atoms with van der Waals surface area (Å²) in [6.45, 7) is 21.5. The van der Waals surface area contributed by atoms with Crippen LogP contribution in [0.3, 0.4) is 0 Å². The van der Waals surface area contributed by atoms with Gasteiger partial charge in [0, 0.05) is 12.6 Å². The fourth-order valence-electron chi connectivity index (χ4n) is 2.24. The second kappa shape index (κ2) is 11.6. The number of rotatable bonds is 12. The Kier molecular flexibility index (Phi) is 11.0. The molecule has 0 bridgehead atoms. The molecule has 1 unspecified atom stereocenters. The molecule has 0 fully saturated rings. The van der Waals surface area contributed by atoms with Crippen LogP contribution in [0.15, 0.2) is 48.1 Å². The minimum Gasteiger partial charge on any atom is -0.307 e. The van der Waals surface area contributed by atoms with Crippen molar-refractivity contribution in [2.75, 3.05) is 6.54 Å². The highest BCUT2D eigenvalue weighted by Gasteiger charge is 2.08. The summed E-state index contributed by atoms with van der Waals surface area (Å²) in [6, 6.07) is 0.420. The van der Waals surface area contributed by atoms with Crippen molar-refractivity contribution in [1.82, 2.24) is 5.32 Å². The number of allylic oxidation sites excluding steroid dienone is 3. The third kappa shape index (κ3) is 12.4. The fraction of sp³-hybridized carbons (Fsp3) is 0.600. The lowest BCUT2D eigenvalue weighted by Gasteiger charge is -2.19. The zero-order chi connectivity index (χ0) is 16.3. The van der Waals surface area contributed by atoms with Crippen LogP contribution in [-0.4, -0.2) is 12.6 Å². The van der Waals surface area contributed by atoms with Crippen LogP contribution >= 0.6 is 0 Å². The van der Waals surface area contributed by atoms with E-state index in [1.165, 1.54) is 35.1 Å². The van der Waals surface area contributed by atoms with Crippen molar-refractivity contribution in [2.24, 2.45) is 0 Å². The molecular weight excluding hydrogens is 254 g/mol. The maximum Gasteiger partial charge on any atom is 0.0277 e. The molecule has 1 N–H and O–H groups in total. The SMILES string of the molecule is C=C(C)CCC/C=C(\C)CNC(CCCC(=C)C)C(=C)C. The first kappa shape index (κ1) is 19.9. The topological polar surface area (TPSA) is 12.0 Å². The Morgan fingerprint density at radius 3 is 2.05 bits per heavy atom. The van der Waals surface area contributed by atoms with Crippen LogP contribution in [0, 0.1) is 0 Å². The monoisotopic (exact) mass is 289 g/mol. The number of nitrogens with one attached hydrogen (secondary N) is 1. The maximum absolute atomic E-state index is 4.11. The van der Waals surface area contributed by atoms with E-state index in [0.29, 0.717) is 6.04 Å². The largest absolute Gasteiger partial charge is 0.307 e. The molecule has 0 radical (unpaired) electrons. The van der Waals surface area contributed by atoms with Crippen LogP contribution in [0.25, 0.3) is 0 Å². The summed E-state index contributed by atoms with van der Waals surface area (Å²) in [6.07, 6.45) is 9.27. The van der Waals surface area contributed by atoms with Gasteiger partial charge >= 0.3 is 0 Å². The van der Waals surface area contributed by atoms with Crippen LogP contribution in [0.2, 0.25) is 0 Å². The van der Waals surface area contributed by atoms with Crippen molar-refractivity contribution >= 4 is 0 Å². The van der Waals surface area contributed by atoms with Crippen LogP contribution in [0.5, 0.6) is 0 Å². The molecule has 0 aromatic rings. The number of unbranched alkanes of at least 4 members (excludes halogenated alkanes) is 1. The quantitative estimate of drug-likeness (QED) is 0.345. The molecule has 0 saturated heterocycles. The smallest absolute Gasteiger partial charge is 0.0277 e. The zero-order valence-electron chi connectivity index (χ0n) is 14.7. The highest BCUT2D eigenvalue weighted by atomic mass is 14.9. The zero-order valence-corrected chi connectivity index (χ0v) is 14.7. The highest BCUT2D eigenvalue weighted by Crippen LogP contribution is 2.12. The Morgan fingerprint density at radius 2 is 1.52 bits per heavy atom. The first-order chi connectivity index (χ1) is 9.82. The summed E-state index contributed by atoms with van der Waals surface area (Å²) < 4.78 is 0. The maximum atomic E-state index is 4.11. The average molecular weight is 290 g/mol. The van der Waals surface area contributed by atoms with Gasteiger partial charge in [0.2, 0.25) is 0 Å². The van der Waals surface area contributed by atoms with Gasteiger partial charge in [0.1, 0.15) is 0 Å². The molecule has 0 amide bonds. The van der Waals surface area contributed by atoms with Gasteiger partial charge in [-0.15, -0.1) is 13.2 Å². The van der Waals surface area contributed by atoms with E-state index in [9.17, 15) is 0 Å². The lowest BCUT2D eigenvalue weighted by atomic mass is 10.0. The highest BCUT2D eigenvalue weighted by molar-refractivity contribution is 5.06. The molecule has 0 aliphatic carbocycles. The summed E-state index contributed by atoms with van der Waals surface area (Å²) in [5.41, 5.74) is 5.19. The summed E-state index contributed by atoms with van der Waals surface area (Å²) in [7, 11) is 0. The van der Waals surface area contributed by atoms with Crippen LogP contribution in [0.1, 0.15) is 66.2 Å². The second-order valence-corrected chi connectivity index (χ2v) is 6.53. The molecular formula is C20H35N. The van der Waals surface area contributed by atoms with Crippen LogP contribution in [-0.2, 0) is 0 Å².